The van der Waals surface area contributed by atoms with Gasteiger partial charge in [0.25, 0.3) is 0 Å². The Balaban J connectivity index is 2.23. The summed E-state index contributed by atoms with van der Waals surface area (Å²) in [5.74, 6) is -0.555. The Labute approximate surface area is 123 Å². The van der Waals surface area contributed by atoms with Crippen LogP contribution in [0.2, 0.25) is 0 Å². The van der Waals surface area contributed by atoms with Crippen molar-refractivity contribution in [1.82, 2.24) is 4.98 Å². The van der Waals surface area contributed by atoms with Gasteiger partial charge in [0, 0.05) is 11.5 Å². The molecule has 1 aromatic carbocycles. The number of aromatic nitrogens is 1. The van der Waals surface area contributed by atoms with E-state index in [4.69, 9.17) is 5.73 Å². The molecule has 0 aliphatic heterocycles. The highest BCUT2D eigenvalue weighted by atomic mass is 32.1. The first-order valence-corrected chi connectivity index (χ1v) is 6.82. The first kappa shape index (κ1) is 13.2. The van der Waals surface area contributed by atoms with Crippen molar-refractivity contribution in [3.63, 3.8) is 0 Å². The summed E-state index contributed by atoms with van der Waals surface area (Å²) in [6.45, 7) is 0. The van der Waals surface area contributed by atoms with Crippen molar-refractivity contribution in [3.05, 3.63) is 58.1 Å². The lowest BCUT2D eigenvalue weighted by atomic mass is 10.1. The van der Waals surface area contributed by atoms with E-state index in [0.29, 0.717) is 27.0 Å². The van der Waals surface area contributed by atoms with E-state index in [-0.39, 0.29) is 5.00 Å². The van der Waals surface area contributed by atoms with Crippen LogP contribution in [0, 0.1) is 10.1 Å². The maximum Gasteiger partial charge on any atom is 0.324 e. The maximum absolute atomic E-state index is 11.6. The number of thiophene rings is 1. The van der Waals surface area contributed by atoms with E-state index in [2.05, 4.69) is 4.98 Å². The summed E-state index contributed by atoms with van der Waals surface area (Å²) in [5.41, 5.74) is 6.89. The predicted molar refractivity (Wildman–Crippen MR) is 80.2 cm³/mol. The van der Waals surface area contributed by atoms with Crippen molar-refractivity contribution in [1.29, 1.82) is 0 Å². The third kappa shape index (κ3) is 2.34. The molecule has 0 aliphatic carbocycles. The molecule has 0 bridgehead atoms. The number of para-hydroxylation sites is 1. The zero-order chi connectivity index (χ0) is 15.0. The van der Waals surface area contributed by atoms with Crippen LogP contribution < -0.4 is 5.73 Å². The number of hydrogen-bond acceptors (Lipinski definition) is 5. The standard InChI is InChI=1S/C14H9N3O3S/c15-14(18)9-7-11(12-5-6-13(21-12)17(19)20)16-10-4-2-1-3-8(9)10/h1-7H,(H2,15,18). The molecule has 0 unspecified atom stereocenters. The maximum atomic E-state index is 11.6. The molecule has 6 nitrogen and oxygen atoms in total. The fourth-order valence-corrected chi connectivity index (χ4v) is 2.85. The lowest BCUT2D eigenvalue weighted by Gasteiger charge is -2.05. The van der Waals surface area contributed by atoms with Crippen molar-refractivity contribution >= 4 is 33.1 Å². The zero-order valence-corrected chi connectivity index (χ0v) is 11.5. The van der Waals surface area contributed by atoms with E-state index in [1.165, 1.54) is 6.07 Å². The van der Waals surface area contributed by atoms with E-state index in [1.807, 2.05) is 0 Å². The quantitative estimate of drug-likeness (QED) is 0.593. The van der Waals surface area contributed by atoms with Crippen LogP contribution in [0.4, 0.5) is 5.00 Å². The van der Waals surface area contributed by atoms with E-state index in [1.54, 1.807) is 36.4 Å². The second-order valence-corrected chi connectivity index (χ2v) is 5.39. The molecule has 7 heteroatoms. The van der Waals surface area contributed by atoms with Gasteiger partial charge in [-0.15, -0.1) is 0 Å². The number of nitro groups is 1. The highest BCUT2D eigenvalue weighted by Gasteiger charge is 2.15. The van der Waals surface area contributed by atoms with Gasteiger partial charge in [-0.05, 0) is 18.2 Å². The minimum Gasteiger partial charge on any atom is -0.366 e. The van der Waals surface area contributed by atoms with Gasteiger partial charge in [0.05, 0.1) is 26.6 Å². The smallest absolute Gasteiger partial charge is 0.324 e. The Morgan fingerprint density at radius 2 is 2.00 bits per heavy atom. The molecule has 0 spiro atoms. The summed E-state index contributed by atoms with van der Waals surface area (Å²) in [6, 6.07) is 11.7. The number of nitrogens with two attached hydrogens (primary N) is 1. The second kappa shape index (κ2) is 4.95. The van der Waals surface area contributed by atoms with Gasteiger partial charge in [-0.25, -0.2) is 4.98 Å². The second-order valence-electron chi connectivity index (χ2n) is 4.33. The summed E-state index contributed by atoms with van der Waals surface area (Å²) in [6.07, 6.45) is 0. The van der Waals surface area contributed by atoms with Gasteiger partial charge >= 0.3 is 5.00 Å². The number of primary amides is 1. The molecule has 0 fully saturated rings. The molecule has 2 aromatic heterocycles. The van der Waals surface area contributed by atoms with Gasteiger partial charge in [-0.3, -0.25) is 14.9 Å². The number of pyridine rings is 1. The van der Waals surface area contributed by atoms with Crippen molar-refractivity contribution in [2.75, 3.05) is 0 Å². The van der Waals surface area contributed by atoms with Crippen molar-refractivity contribution in [2.45, 2.75) is 0 Å². The average molecular weight is 299 g/mol. The summed E-state index contributed by atoms with van der Waals surface area (Å²) >= 11 is 1.01. The van der Waals surface area contributed by atoms with Gasteiger partial charge in [-0.1, -0.05) is 29.5 Å². The number of benzene rings is 1. The van der Waals surface area contributed by atoms with Crippen LogP contribution in [0.5, 0.6) is 0 Å². The molecule has 21 heavy (non-hydrogen) atoms. The molecule has 104 valence electrons. The van der Waals surface area contributed by atoms with Gasteiger partial charge in [0.1, 0.15) is 0 Å². The van der Waals surface area contributed by atoms with Crippen LogP contribution in [-0.4, -0.2) is 15.8 Å². The van der Waals surface area contributed by atoms with Crippen LogP contribution >= 0.6 is 11.3 Å². The fraction of sp³-hybridized carbons (Fsp3) is 0. The van der Waals surface area contributed by atoms with Gasteiger partial charge in [0.2, 0.25) is 5.91 Å². The molecule has 3 rings (SSSR count). The number of carbonyl (C=O) groups is 1. The van der Waals surface area contributed by atoms with Crippen LogP contribution in [0.15, 0.2) is 42.5 Å². The number of rotatable bonds is 3. The zero-order valence-electron chi connectivity index (χ0n) is 10.6. The number of amides is 1. The highest BCUT2D eigenvalue weighted by molar-refractivity contribution is 7.18. The predicted octanol–water partition coefficient (Wildman–Crippen LogP) is 2.97. The van der Waals surface area contributed by atoms with Gasteiger partial charge in [-0.2, -0.15) is 0 Å². The Hall–Kier alpha value is -2.80. The van der Waals surface area contributed by atoms with Crippen molar-refractivity contribution in [2.24, 2.45) is 5.73 Å². The number of fused-ring (bicyclic) bond motifs is 1. The van der Waals surface area contributed by atoms with E-state index < -0.39 is 10.8 Å². The molecule has 3 aromatic rings. The largest absolute Gasteiger partial charge is 0.366 e. The lowest BCUT2D eigenvalue weighted by molar-refractivity contribution is -0.380. The van der Waals surface area contributed by atoms with Crippen LogP contribution in [0.25, 0.3) is 21.5 Å². The van der Waals surface area contributed by atoms with Crippen molar-refractivity contribution in [3.8, 4) is 10.6 Å². The Bertz CT molecular complexity index is 873. The number of carbonyl (C=O) groups excluding carboxylic acids is 1. The van der Waals surface area contributed by atoms with Crippen molar-refractivity contribution < 1.29 is 9.72 Å². The first-order chi connectivity index (χ1) is 10.1. The van der Waals surface area contributed by atoms with Gasteiger partial charge in [0.15, 0.2) is 0 Å². The molecule has 0 saturated carbocycles. The normalized spacial score (nSPS) is 10.7. The Morgan fingerprint density at radius 3 is 2.67 bits per heavy atom. The molecule has 2 heterocycles. The van der Waals surface area contributed by atoms with E-state index in [9.17, 15) is 14.9 Å². The number of hydrogen-bond donors (Lipinski definition) is 1. The van der Waals surface area contributed by atoms with Crippen LogP contribution in [-0.2, 0) is 0 Å². The molecular weight excluding hydrogens is 290 g/mol. The SMILES string of the molecule is NC(=O)c1cc(-c2ccc([N+](=O)[O-])s2)nc2ccccc12. The summed E-state index contributed by atoms with van der Waals surface area (Å²) in [4.78, 5) is 27.0. The highest BCUT2D eigenvalue weighted by Crippen LogP contribution is 2.33. The molecule has 0 radical (unpaired) electrons. The minimum absolute atomic E-state index is 0.0283. The Kier molecular flexibility index (Phi) is 3.11. The summed E-state index contributed by atoms with van der Waals surface area (Å²) < 4.78 is 0. The summed E-state index contributed by atoms with van der Waals surface area (Å²) in [5, 5.41) is 11.4. The monoisotopic (exact) mass is 299 g/mol. The van der Waals surface area contributed by atoms with E-state index in [0.717, 1.165) is 11.3 Å². The summed E-state index contributed by atoms with van der Waals surface area (Å²) in [7, 11) is 0. The van der Waals surface area contributed by atoms with Crippen LogP contribution in [0.3, 0.4) is 0 Å². The molecule has 0 aliphatic rings. The van der Waals surface area contributed by atoms with E-state index >= 15 is 0 Å². The molecule has 1 amide bonds. The Morgan fingerprint density at radius 1 is 1.24 bits per heavy atom. The third-order valence-corrected chi connectivity index (χ3v) is 4.07. The topological polar surface area (TPSA) is 99.1 Å². The lowest BCUT2D eigenvalue weighted by Crippen LogP contribution is -2.12. The molecule has 2 N–H and O–H groups in total. The molecule has 0 atom stereocenters. The third-order valence-electron chi connectivity index (χ3n) is 3.01. The first-order valence-electron chi connectivity index (χ1n) is 6.00. The minimum atomic E-state index is -0.555. The molecular formula is C14H9N3O3S. The average Bonchev–Trinajstić information content (AvgIpc) is 2.96. The number of nitrogens with zero attached hydrogens (tertiary/aromatic N) is 2. The van der Waals surface area contributed by atoms with Crippen LogP contribution in [0.1, 0.15) is 10.4 Å². The van der Waals surface area contributed by atoms with Gasteiger partial charge < -0.3 is 5.73 Å². The fourth-order valence-electron chi connectivity index (χ4n) is 2.07. The molecule has 0 saturated heterocycles.